The summed E-state index contributed by atoms with van der Waals surface area (Å²) in [7, 11) is 0. The summed E-state index contributed by atoms with van der Waals surface area (Å²) in [5, 5.41) is 3.27. The first-order valence-corrected chi connectivity index (χ1v) is 12.0. The van der Waals surface area contributed by atoms with E-state index in [1.54, 1.807) is 4.90 Å². The molecule has 3 aliphatic rings. The number of nitrogens with one attached hydrogen (secondary N) is 1. The summed E-state index contributed by atoms with van der Waals surface area (Å²) in [5.74, 6) is -0.0437. The summed E-state index contributed by atoms with van der Waals surface area (Å²) >= 11 is 0. The fraction of sp³-hybridized carbons (Fsp3) is 0.640. The second kappa shape index (κ2) is 9.84. The maximum atomic E-state index is 13.1. The van der Waals surface area contributed by atoms with Gasteiger partial charge in [0.1, 0.15) is 0 Å². The lowest BCUT2D eigenvalue weighted by molar-refractivity contribution is -0.139. The van der Waals surface area contributed by atoms with Crippen molar-refractivity contribution >= 4 is 23.4 Å². The molecule has 1 aromatic carbocycles. The van der Waals surface area contributed by atoms with Crippen LogP contribution in [0.25, 0.3) is 0 Å². The highest BCUT2D eigenvalue weighted by atomic mass is 16.2. The Morgan fingerprint density at radius 3 is 2.19 bits per heavy atom. The number of aryl methyl sites for hydroxylation is 1. The Hall–Kier alpha value is -2.37. The summed E-state index contributed by atoms with van der Waals surface area (Å²) in [6.07, 6.45) is 8.85. The number of piperidine rings is 1. The summed E-state index contributed by atoms with van der Waals surface area (Å²) in [6, 6.07) is 8.19. The van der Waals surface area contributed by atoms with Crippen LogP contribution in [0.2, 0.25) is 0 Å². The van der Waals surface area contributed by atoms with E-state index >= 15 is 0 Å². The third-order valence-electron chi connectivity index (χ3n) is 7.20. The van der Waals surface area contributed by atoms with Gasteiger partial charge in [-0.2, -0.15) is 0 Å². The fourth-order valence-electron chi connectivity index (χ4n) is 5.21. The van der Waals surface area contributed by atoms with Gasteiger partial charge in [-0.1, -0.05) is 43.4 Å². The number of hydrogen-bond donors (Lipinski definition) is 1. The Kier molecular flexibility index (Phi) is 6.93. The lowest BCUT2D eigenvalue weighted by Crippen LogP contribution is -2.47. The molecule has 1 atom stereocenters. The van der Waals surface area contributed by atoms with E-state index in [2.05, 4.69) is 5.32 Å². The van der Waals surface area contributed by atoms with E-state index in [4.69, 9.17) is 0 Å². The zero-order valence-corrected chi connectivity index (χ0v) is 18.6. The van der Waals surface area contributed by atoms with Gasteiger partial charge in [0.25, 0.3) is 0 Å². The maximum absolute atomic E-state index is 13.1. The molecule has 3 amide bonds. The quantitative estimate of drug-likeness (QED) is 0.752. The van der Waals surface area contributed by atoms with Crippen molar-refractivity contribution in [1.29, 1.82) is 0 Å². The highest BCUT2D eigenvalue weighted by molar-refractivity contribution is 6.00. The summed E-state index contributed by atoms with van der Waals surface area (Å²) in [5.41, 5.74) is 2.01. The predicted molar refractivity (Wildman–Crippen MR) is 121 cm³/mol. The van der Waals surface area contributed by atoms with Crippen molar-refractivity contribution in [3.05, 3.63) is 29.8 Å². The molecule has 1 aliphatic carbocycles. The molecule has 6 nitrogen and oxygen atoms in total. The molecule has 0 aromatic heterocycles. The molecule has 2 heterocycles. The summed E-state index contributed by atoms with van der Waals surface area (Å²) in [4.78, 5) is 41.9. The zero-order chi connectivity index (χ0) is 21.8. The lowest BCUT2D eigenvalue weighted by atomic mass is 9.94. The van der Waals surface area contributed by atoms with Crippen molar-refractivity contribution in [3.8, 4) is 0 Å². The molecular formula is C25H35N3O3. The van der Waals surface area contributed by atoms with Crippen molar-refractivity contribution in [2.45, 2.75) is 70.8 Å². The highest BCUT2D eigenvalue weighted by Crippen LogP contribution is 2.28. The molecule has 1 N–H and O–H groups in total. The molecule has 4 rings (SSSR count). The van der Waals surface area contributed by atoms with Gasteiger partial charge in [0.05, 0.1) is 5.92 Å². The number of carbonyl (C=O) groups excluding carboxylic acids is 3. The Morgan fingerprint density at radius 2 is 1.55 bits per heavy atom. The van der Waals surface area contributed by atoms with Gasteiger partial charge >= 0.3 is 0 Å². The first-order valence-electron chi connectivity index (χ1n) is 12.0. The van der Waals surface area contributed by atoms with Crippen molar-refractivity contribution in [1.82, 2.24) is 10.2 Å². The number of likely N-dealkylation sites (tertiary alicyclic amines) is 1. The molecule has 3 fully saturated rings. The van der Waals surface area contributed by atoms with E-state index in [-0.39, 0.29) is 36.0 Å². The first kappa shape index (κ1) is 21.8. The number of hydrogen-bond acceptors (Lipinski definition) is 3. The Balaban J connectivity index is 1.26. The van der Waals surface area contributed by atoms with Gasteiger partial charge in [-0.15, -0.1) is 0 Å². The van der Waals surface area contributed by atoms with Crippen molar-refractivity contribution in [3.63, 3.8) is 0 Å². The molecule has 168 valence electrons. The summed E-state index contributed by atoms with van der Waals surface area (Å²) in [6.45, 7) is 3.68. The number of anilines is 1. The first-order chi connectivity index (χ1) is 15.0. The lowest BCUT2D eigenvalue weighted by Gasteiger charge is -2.33. The van der Waals surface area contributed by atoms with Gasteiger partial charge in [0, 0.05) is 43.7 Å². The van der Waals surface area contributed by atoms with E-state index in [0.717, 1.165) is 24.1 Å². The van der Waals surface area contributed by atoms with Crippen LogP contribution in [-0.4, -0.2) is 48.3 Å². The van der Waals surface area contributed by atoms with Gasteiger partial charge in [0.15, 0.2) is 0 Å². The number of nitrogens with zero attached hydrogens (tertiary/aromatic N) is 2. The van der Waals surface area contributed by atoms with Gasteiger partial charge in [-0.3, -0.25) is 14.4 Å². The van der Waals surface area contributed by atoms with Gasteiger partial charge in [-0.25, -0.2) is 0 Å². The zero-order valence-electron chi connectivity index (χ0n) is 18.6. The van der Waals surface area contributed by atoms with Crippen LogP contribution in [0.4, 0.5) is 5.69 Å². The van der Waals surface area contributed by atoms with Crippen LogP contribution in [0.1, 0.15) is 63.4 Å². The van der Waals surface area contributed by atoms with Gasteiger partial charge in [-0.05, 0) is 44.7 Å². The maximum Gasteiger partial charge on any atom is 0.228 e. The number of carbonyl (C=O) groups is 3. The standard InChI is InChI=1S/C25H35N3O3/c1-18-8-10-22(11-9-18)28-17-20(16-23(28)29)25(31)27-14-12-19(13-15-27)24(30)26-21-6-4-2-3-5-7-21/h8-11,19-21H,2-7,12-17H2,1H3,(H,26,30)/t20-/m1/s1. The minimum atomic E-state index is -0.287. The topological polar surface area (TPSA) is 69.7 Å². The van der Waals surface area contributed by atoms with Crippen LogP contribution in [0.3, 0.4) is 0 Å². The van der Waals surface area contributed by atoms with Crippen LogP contribution in [0.5, 0.6) is 0 Å². The van der Waals surface area contributed by atoms with Crippen molar-refractivity contribution < 1.29 is 14.4 Å². The molecule has 1 saturated carbocycles. The molecule has 6 heteroatoms. The molecule has 31 heavy (non-hydrogen) atoms. The summed E-state index contributed by atoms with van der Waals surface area (Å²) < 4.78 is 0. The molecule has 2 saturated heterocycles. The molecule has 0 radical (unpaired) electrons. The van der Waals surface area contributed by atoms with Crippen LogP contribution in [-0.2, 0) is 14.4 Å². The van der Waals surface area contributed by atoms with E-state index in [1.165, 1.54) is 25.7 Å². The molecular weight excluding hydrogens is 390 g/mol. The largest absolute Gasteiger partial charge is 0.353 e. The Labute approximate surface area is 185 Å². The minimum absolute atomic E-state index is 0.00145. The second-order valence-electron chi connectivity index (χ2n) is 9.54. The number of benzene rings is 1. The fourth-order valence-corrected chi connectivity index (χ4v) is 5.21. The highest BCUT2D eigenvalue weighted by Gasteiger charge is 2.38. The molecule has 1 aromatic rings. The SMILES string of the molecule is Cc1ccc(N2C[C@H](C(=O)N3CCC(C(=O)NC4CCCCCC4)CC3)CC2=O)cc1. The Morgan fingerprint density at radius 1 is 0.903 bits per heavy atom. The van der Waals surface area contributed by atoms with Crippen LogP contribution in [0.15, 0.2) is 24.3 Å². The average Bonchev–Trinajstić information content (AvgIpc) is 2.99. The Bertz CT molecular complexity index is 791. The third kappa shape index (κ3) is 5.28. The number of rotatable bonds is 4. The van der Waals surface area contributed by atoms with Crippen LogP contribution in [0, 0.1) is 18.8 Å². The van der Waals surface area contributed by atoms with Gasteiger partial charge in [0.2, 0.25) is 17.7 Å². The minimum Gasteiger partial charge on any atom is -0.353 e. The van der Waals surface area contributed by atoms with E-state index in [0.29, 0.717) is 38.5 Å². The molecule has 2 aliphatic heterocycles. The molecule has 0 unspecified atom stereocenters. The van der Waals surface area contributed by atoms with Crippen molar-refractivity contribution in [2.24, 2.45) is 11.8 Å². The normalized spacial score (nSPS) is 23.6. The van der Waals surface area contributed by atoms with Crippen LogP contribution < -0.4 is 10.2 Å². The molecule has 0 spiro atoms. The predicted octanol–water partition coefficient (Wildman–Crippen LogP) is 3.43. The average molecular weight is 426 g/mol. The van der Waals surface area contributed by atoms with Crippen molar-refractivity contribution in [2.75, 3.05) is 24.5 Å². The smallest absolute Gasteiger partial charge is 0.228 e. The molecule has 0 bridgehead atoms. The van der Waals surface area contributed by atoms with E-state index < -0.39 is 0 Å². The van der Waals surface area contributed by atoms with E-state index in [1.807, 2.05) is 36.1 Å². The number of amides is 3. The monoisotopic (exact) mass is 425 g/mol. The van der Waals surface area contributed by atoms with Crippen LogP contribution >= 0.6 is 0 Å². The van der Waals surface area contributed by atoms with Gasteiger partial charge < -0.3 is 15.1 Å². The third-order valence-corrected chi connectivity index (χ3v) is 7.20. The second-order valence-corrected chi connectivity index (χ2v) is 9.54. The van der Waals surface area contributed by atoms with E-state index in [9.17, 15) is 14.4 Å².